The smallest absolute Gasteiger partial charge is 0.423 e. The molecule has 0 unspecified atom stereocenters. The van der Waals surface area contributed by atoms with Crippen molar-refractivity contribution in [3.63, 3.8) is 0 Å². The second-order valence-electron chi connectivity index (χ2n) is 13.3. The van der Waals surface area contributed by atoms with Crippen LogP contribution in [0.2, 0.25) is 0 Å². The third-order valence-electron chi connectivity index (χ3n) is 10.0. The van der Waals surface area contributed by atoms with Crippen LogP contribution in [0.25, 0.3) is 60.9 Å². The van der Waals surface area contributed by atoms with Gasteiger partial charge in [-0.1, -0.05) is 133 Å². The third-order valence-corrected chi connectivity index (χ3v) is 10.0. The van der Waals surface area contributed by atoms with Gasteiger partial charge in [0, 0.05) is 33.5 Å². The number of benzene rings is 8. The van der Waals surface area contributed by atoms with E-state index in [1.54, 1.807) is 6.07 Å². The highest BCUT2D eigenvalue weighted by Crippen LogP contribution is 2.39. The molecular weight excluding hydrogens is 647 g/mol. The highest BCUT2D eigenvalue weighted by molar-refractivity contribution is 6.59. The van der Waals surface area contributed by atoms with Crippen LogP contribution >= 0.6 is 0 Å². The molecule has 0 radical (unpaired) electrons. The molecule has 2 N–H and O–H groups in total. The van der Waals surface area contributed by atoms with Crippen molar-refractivity contribution in [2.24, 2.45) is 0 Å². The van der Waals surface area contributed by atoms with E-state index < -0.39 is 7.12 Å². The molecule has 4 nitrogen and oxygen atoms in total. The first kappa shape index (κ1) is 32.3. The Morgan fingerprint density at radius 3 is 1.21 bits per heavy atom. The fourth-order valence-electron chi connectivity index (χ4n) is 7.35. The molecule has 0 spiro atoms. The number of anilines is 3. The molecule has 0 aliphatic carbocycles. The van der Waals surface area contributed by atoms with Crippen LogP contribution in [0.4, 0.5) is 17.1 Å². The molecule has 8 aromatic carbocycles. The van der Waals surface area contributed by atoms with Gasteiger partial charge in [-0.25, -0.2) is 0 Å². The lowest BCUT2D eigenvalue weighted by Crippen LogP contribution is -2.29. The lowest BCUT2D eigenvalue weighted by molar-refractivity contribution is 0.426. The van der Waals surface area contributed by atoms with E-state index >= 15 is 0 Å². The first-order valence-corrected chi connectivity index (χ1v) is 17.8. The number of para-hydroxylation sites is 1. The van der Waals surface area contributed by atoms with Gasteiger partial charge in [0.25, 0.3) is 0 Å². The van der Waals surface area contributed by atoms with Crippen molar-refractivity contribution in [2.45, 2.75) is 0 Å². The number of fused-ring (bicyclic) bond motifs is 3. The SMILES string of the molecule is OB(O)c1ccc2c(c1)c1cc(-c3ccc(N(c4ccc(-c5ccccc5)cc4)c4ccc(-c5ccccc5)cc4)cc3)ccc1n2-c1ccccc1. The van der Waals surface area contributed by atoms with Crippen LogP contribution in [0.15, 0.2) is 200 Å². The van der Waals surface area contributed by atoms with Gasteiger partial charge in [0.15, 0.2) is 0 Å². The predicted octanol–water partition coefficient (Wildman–Crippen LogP) is 10.9. The summed E-state index contributed by atoms with van der Waals surface area (Å²) in [4.78, 5) is 2.30. The van der Waals surface area contributed by atoms with Crippen LogP contribution in [0.1, 0.15) is 0 Å². The van der Waals surface area contributed by atoms with Crippen molar-refractivity contribution in [1.29, 1.82) is 0 Å². The summed E-state index contributed by atoms with van der Waals surface area (Å²) in [5.41, 5.74) is 13.7. The molecule has 0 saturated heterocycles. The summed E-state index contributed by atoms with van der Waals surface area (Å²) in [5.74, 6) is 0. The molecule has 0 amide bonds. The number of hydrogen-bond acceptors (Lipinski definition) is 3. The maximum absolute atomic E-state index is 10.0. The van der Waals surface area contributed by atoms with Crippen LogP contribution in [0, 0.1) is 0 Å². The summed E-state index contributed by atoms with van der Waals surface area (Å²) in [6, 6.07) is 69.6. The highest BCUT2D eigenvalue weighted by Gasteiger charge is 2.18. The molecule has 252 valence electrons. The summed E-state index contributed by atoms with van der Waals surface area (Å²) in [6.45, 7) is 0. The van der Waals surface area contributed by atoms with Gasteiger partial charge < -0.3 is 19.5 Å². The van der Waals surface area contributed by atoms with Gasteiger partial charge in [-0.15, -0.1) is 0 Å². The Hall–Kier alpha value is -6.66. The van der Waals surface area contributed by atoms with Gasteiger partial charge in [0.05, 0.1) is 11.0 Å². The average Bonchev–Trinajstić information content (AvgIpc) is 3.56. The second-order valence-corrected chi connectivity index (χ2v) is 13.3. The van der Waals surface area contributed by atoms with Gasteiger partial charge in [-0.2, -0.15) is 0 Å². The molecule has 0 atom stereocenters. The minimum Gasteiger partial charge on any atom is -0.423 e. The van der Waals surface area contributed by atoms with Crippen LogP contribution in [0.3, 0.4) is 0 Å². The number of aromatic nitrogens is 1. The Balaban J connectivity index is 1.11. The van der Waals surface area contributed by atoms with E-state index in [-0.39, 0.29) is 0 Å². The Labute approximate surface area is 309 Å². The molecule has 0 aliphatic rings. The van der Waals surface area contributed by atoms with E-state index in [2.05, 4.69) is 161 Å². The second kappa shape index (κ2) is 13.8. The minimum atomic E-state index is -1.54. The van der Waals surface area contributed by atoms with E-state index in [1.807, 2.05) is 42.5 Å². The van der Waals surface area contributed by atoms with Crippen LogP contribution in [-0.2, 0) is 0 Å². The van der Waals surface area contributed by atoms with Crippen molar-refractivity contribution in [2.75, 3.05) is 4.90 Å². The first-order chi connectivity index (χ1) is 26.1. The van der Waals surface area contributed by atoms with Gasteiger partial charge in [0.1, 0.15) is 0 Å². The summed E-state index contributed by atoms with van der Waals surface area (Å²) < 4.78 is 2.23. The van der Waals surface area contributed by atoms with Crippen molar-refractivity contribution in [1.82, 2.24) is 4.57 Å². The van der Waals surface area contributed by atoms with Crippen LogP contribution < -0.4 is 10.4 Å². The Kier molecular flexibility index (Phi) is 8.41. The minimum absolute atomic E-state index is 0.466. The van der Waals surface area contributed by atoms with E-state index in [4.69, 9.17) is 0 Å². The van der Waals surface area contributed by atoms with Gasteiger partial charge in [0.2, 0.25) is 0 Å². The zero-order valence-corrected chi connectivity index (χ0v) is 28.9. The monoisotopic (exact) mass is 682 g/mol. The van der Waals surface area contributed by atoms with Gasteiger partial charge in [-0.3, -0.25) is 0 Å². The fraction of sp³-hybridized carbons (Fsp3) is 0. The number of hydrogen-bond donors (Lipinski definition) is 2. The number of nitrogens with zero attached hydrogens (tertiary/aromatic N) is 2. The Bertz CT molecular complexity index is 2570. The third kappa shape index (κ3) is 6.19. The molecule has 9 aromatic rings. The summed E-state index contributed by atoms with van der Waals surface area (Å²) >= 11 is 0. The largest absolute Gasteiger partial charge is 0.488 e. The zero-order chi connectivity index (χ0) is 35.7. The van der Waals surface area contributed by atoms with Crippen molar-refractivity contribution >= 4 is 51.4 Å². The molecule has 0 bridgehead atoms. The molecule has 9 rings (SSSR count). The molecule has 1 heterocycles. The fourth-order valence-corrected chi connectivity index (χ4v) is 7.35. The molecule has 1 aromatic heterocycles. The molecule has 53 heavy (non-hydrogen) atoms. The van der Waals surface area contributed by atoms with E-state index in [0.717, 1.165) is 55.7 Å². The first-order valence-electron chi connectivity index (χ1n) is 17.8. The lowest BCUT2D eigenvalue weighted by atomic mass is 9.80. The normalized spacial score (nSPS) is 11.2. The quantitative estimate of drug-likeness (QED) is 0.157. The average molecular weight is 683 g/mol. The lowest BCUT2D eigenvalue weighted by Gasteiger charge is -2.26. The van der Waals surface area contributed by atoms with E-state index in [1.165, 1.54) is 22.3 Å². The standard InChI is InChI=1S/C48H35BN2O2/c52-49(53)40-23-31-48-46(33-40)45-32-39(22-30-47(45)51(48)41-14-8-3-9-15-41)38-20-28-44(29-21-38)50(42-24-16-36(17-25-42)34-10-4-1-5-11-34)43-26-18-37(19-27-43)35-12-6-2-7-13-35/h1-33,52-53H. The van der Waals surface area contributed by atoms with Crippen molar-refractivity contribution in [3.05, 3.63) is 200 Å². The summed E-state index contributed by atoms with van der Waals surface area (Å²) in [5, 5.41) is 22.1. The highest BCUT2D eigenvalue weighted by atomic mass is 16.4. The molecule has 0 fully saturated rings. The zero-order valence-electron chi connectivity index (χ0n) is 28.9. The number of rotatable bonds is 8. The van der Waals surface area contributed by atoms with Gasteiger partial charge >= 0.3 is 7.12 Å². The van der Waals surface area contributed by atoms with Crippen molar-refractivity contribution < 1.29 is 10.0 Å². The molecule has 5 heteroatoms. The molecular formula is C48H35BN2O2. The maximum atomic E-state index is 10.0. The molecule has 0 aliphatic heterocycles. The summed E-state index contributed by atoms with van der Waals surface area (Å²) in [6.07, 6.45) is 0. The molecule has 0 saturated carbocycles. The Morgan fingerprint density at radius 1 is 0.358 bits per heavy atom. The van der Waals surface area contributed by atoms with Crippen LogP contribution in [-0.4, -0.2) is 21.7 Å². The Morgan fingerprint density at radius 2 is 0.736 bits per heavy atom. The van der Waals surface area contributed by atoms with Crippen LogP contribution in [0.5, 0.6) is 0 Å². The van der Waals surface area contributed by atoms with E-state index in [9.17, 15) is 10.0 Å². The van der Waals surface area contributed by atoms with Gasteiger partial charge in [-0.05, 0) is 106 Å². The maximum Gasteiger partial charge on any atom is 0.488 e. The topological polar surface area (TPSA) is 48.6 Å². The van der Waals surface area contributed by atoms with E-state index in [0.29, 0.717) is 5.46 Å². The summed E-state index contributed by atoms with van der Waals surface area (Å²) in [7, 11) is -1.54. The van der Waals surface area contributed by atoms with Crippen molar-refractivity contribution in [3.8, 4) is 39.1 Å². The predicted molar refractivity (Wildman–Crippen MR) is 222 cm³/mol.